The van der Waals surface area contributed by atoms with Gasteiger partial charge in [0, 0.05) is 12.1 Å². The minimum Gasteiger partial charge on any atom is -0.496 e. The summed E-state index contributed by atoms with van der Waals surface area (Å²) in [6, 6.07) is 12.1. The van der Waals surface area contributed by atoms with Gasteiger partial charge >= 0.3 is 5.97 Å². The van der Waals surface area contributed by atoms with Crippen LogP contribution in [-0.4, -0.2) is 30.6 Å². The van der Waals surface area contributed by atoms with Gasteiger partial charge in [-0.2, -0.15) is 0 Å². The summed E-state index contributed by atoms with van der Waals surface area (Å²) in [5, 5.41) is 14.5. The van der Waals surface area contributed by atoms with Crippen molar-refractivity contribution in [2.24, 2.45) is 11.8 Å². The van der Waals surface area contributed by atoms with E-state index in [1.54, 1.807) is 7.11 Å². The molecule has 1 saturated carbocycles. The maximum Gasteiger partial charge on any atom is 0.307 e. The van der Waals surface area contributed by atoms with Gasteiger partial charge in [0.25, 0.3) is 0 Å². The number of fused-ring (bicyclic) bond motifs is 1. The maximum atomic E-state index is 12.5. The fourth-order valence-corrected chi connectivity index (χ4v) is 3.95. The smallest absolute Gasteiger partial charge is 0.307 e. The van der Waals surface area contributed by atoms with Crippen LogP contribution >= 0.6 is 0 Å². The molecule has 2 unspecified atom stereocenters. The highest BCUT2D eigenvalue weighted by molar-refractivity contribution is 5.88. The lowest BCUT2D eigenvalue weighted by atomic mass is 9.78. The van der Waals surface area contributed by atoms with Gasteiger partial charge in [0.1, 0.15) is 5.75 Å². The highest BCUT2D eigenvalue weighted by atomic mass is 16.5. The van der Waals surface area contributed by atoms with Gasteiger partial charge in [0.15, 0.2) is 0 Å². The lowest BCUT2D eigenvalue weighted by Gasteiger charge is -2.27. The Morgan fingerprint density at radius 2 is 1.85 bits per heavy atom. The standard InChI is InChI=1S/C21H25NO4/c1-26-19-11-10-14-6-2-3-7-15(14)16(19)12-13-22-20(23)17-8-4-5-9-18(17)21(24)25/h2-3,6-7,10-11,17-18H,4-5,8-9,12-13H2,1H3,(H,22,23)(H,24,25). The molecule has 1 amide bonds. The van der Waals surface area contributed by atoms with Gasteiger partial charge in [-0.25, -0.2) is 0 Å². The number of benzene rings is 2. The number of nitrogens with one attached hydrogen (secondary N) is 1. The molecule has 138 valence electrons. The van der Waals surface area contributed by atoms with E-state index in [-0.39, 0.29) is 5.91 Å². The van der Waals surface area contributed by atoms with E-state index in [1.807, 2.05) is 24.3 Å². The molecule has 5 nitrogen and oxygen atoms in total. The van der Waals surface area contributed by atoms with Gasteiger partial charge in [0.05, 0.1) is 18.9 Å². The fraction of sp³-hybridized carbons (Fsp3) is 0.429. The predicted octanol–water partition coefficient (Wildman–Crippen LogP) is 3.40. The van der Waals surface area contributed by atoms with E-state index >= 15 is 0 Å². The number of ether oxygens (including phenoxy) is 1. The fourth-order valence-electron chi connectivity index (χ4n) is 3.95. The Morgan fingerprint density at radius 3 is 2.58 bits per heavy atom. The second-order valence-corrected chi connectivity index (χ2v) is 6.84. The van der Waals surface area contributed by atoms with Crippen molar-refractivity contribution in [3.05, 3.63) is 42.0 Å². The minimum atomic E-state index is -0.861. The third-order valence-corrected chi connectivity index (χ3v) is 5.31. The molecular weight excluding hydrogens is 330 g/mol. The van der Waals surface area contributed by atoms with E-state index in [9.17, 15) is 14.7 Å². The first-order valence-electron chi connectivity index (χ1n) is 9.17. The highest BCUT2D eigenvalue weighted by Gasteiger charge is 2.35. The van der Waals surface area contributed by atoms with Crippen LogP contribution in [0.5, 0.6) is 5.75 Å². The Bertz CT molecular complexity index is 802. The van der Waals surface area contributed by atoms with Gasteiger partial charge < -0.3 is 15.2 Å². The van der Waals surface area contributed by atoms with E-state index < -0.39 is 17.8 Å². The number of hydrogen-bond acceptors (Lipinski definition) is 3. The second-order valence-electron chi connectivity index (χ2n) is 6.84. The first kappa shape index (κ1) is 18.2. The number of carboxylic acids is 1. The third-order valence-electron chi connectivity index (χ3n) is 5.31. The summed E-state index contributed by atoms with van der Waals surface area (Å²) in [7, 11) is 1.64. The lowest BCUT2D eigenvalue weighted by Crippen LogP contribution is -2.40. The first-order valence-corrected chi connectivity index (χ1v) is 9.17. The molecular formula is C21H25NO4. The Kier molecular flexibility index (Phi) is 5.76. The van der Waals surface area contributed by atoms with Crippen LogP contribution in [0.4, 0.5) is 0 Å². The first-order chi connectivity index (χ1) is 12.6. The van der Waals surface area contributed by atoms with Crippen LogP contribution in [0.1, 0.15) is 31.2 Å². The zero-order chi connectivity index (χ0) is 18.5. The summed E-state index contributed by atoms with van der Waals surface area (Å²) in [6.45, 7) is 0.464. The molecule has 2 atom stereocenters. The summed E-state index contributed by atoms with van der Waals surface area (Å²) in [5.41, 5.74) is 1.06. The average molecular weight is 355 g/mol. The van der Waals surface area contributed by atoms with Crippen molar-refractivity contribution in [2.75, 3.05) is 13.7 Å². The minimum absolute atomic E-state index is 0.142. The zero-order valence-corrected chi connectivity index (χ0v) is 15.0. The number of amides is 1. The molecule has 0 bridgehead atoms. The molecule has 2 N–H and O–H groups in total. The molecule has 0 heterocycles. The zero-order valence-electron chi connectivity index (χ0n) is 15.0. The van der Waals surface area contributed by atoms with Crippen LogP contribution in [0.3, 0.4) is 0 Å². The molecule has 0 aromatic heterocycles. The summed E-state index contributed by atoms with van der Waals surface area (Å²) < 4.78 is 5.49. The van der Waals surface area contributed by atoms with Crippen molar-refractivity contribution in [2.45, 2.75) is 32.1 Å². The number of aliphatic carboxylic acids is 1. The second kappa shape index (κ2) is 8.21. The van der Waals surface area contributed by atoms with Crippen LogP contribution in [0.15, 0.2) is 36.4 Å². The van der Waals surface area contributed by atoms with Crippen LogP contribution in [0, 0.1) is 11.8 Å². The molecule has 0 radical (unpaired) electrons. The molecule has 1 aliphatic rings. The van der Waals surface area contributed by atoms with E-state index in [1.165, 1.54) is 0 Å². The molecule has 5 heteroatoms. The quantitative estimate of drug-likeness (QED) is 0.833. The van der Waals surface area contributed by atoms with E-state index in [0.29, 0.717) is 25.8 Å². The van der Waals surface area contributed by atoms with Crippen molar-refractivity contribution in [3.8, 4) is 5.75 Å². The van der Waals surface area contributed by atoms with Crippen LogP contribution in [0.25, 0.3) is 10.8 Å². The lowest BCUT2D eigenvalue weighted by molar-refractivity contribution is -0.148. The van der Waals surface area contributed by atoms with E-state index in [0.717, 1.165) is 34.9 Å². The summed E-state index contributed by atoms with van der Waals surface area (Å²) in [4.78, 5) is 23.9. The largest absolute Gasteiger partial charge is 0.496 e. The number of methoxy groups -OCH3 is 1. The molecule has 2 aromatic carbocycles. The number of carboxylic acid groups (broad SMARTS) is 1. The van der Waals surface area contributed by atoms with Crippen molar-refractivity contribution >= 4 is 22.6 Å². The topological polar surface area (TPSA) is 75.6 Å². The maximum absolute atomic E-state index is 12.5. The summed E-state index contributed by atoms with van der Waals surface area (Å²) in [5.74, 6) is -1.18. The predicted molar refractivity (Wildman–Crippen MR) is 100 cm³/mol. The van der Waals surface area contributed by atoms with Crippen molar-refractivity contribution in [1.29, 1.82) is 0 Å². The summed E-state index contributed by atoms with van der Waals surface area (Å²) >= 11 is 0. The monoisotopic (exact) mass is 355 g/mol. The van der Waals surface area contributed by atoms with Gasteiger partial charge in [0.2, 0.25) is 5.91 Å². The number of carbonyl (C=O) groups is 2. The molecule has 1 fully saturated rings. The molecule has 1 aliphatic carbocycles. The van der Waals surface area contributed by atoms with Crippen LogP contribution in [0.2, 0.25) is 0 Å². The van der Waals surface area contributed by atoms with Crippen molar-refractivity contribution in [3.63, 3.8) is 0 Å². The molecule has 26 heavy (non-hydrogen) atoms. The van der Waals surface area contributed by atoms with E-state index in [4.69, 9.17) is 4.74 Å². The Morgan fingerprint density at radius 1 is 1.12 bits per heavy atom. The summed E-state index contributed by atoms with van der Waals surface area (Å²) in [6.07, 6.45) is 3.68. The van der Waals surface area contributed by atoms with Crippen molar-refractivity contribution < 1.29 is 19.4 Å². The van der Waals surface area contributed by atoms with Crippen LogP contribution < -0.4 is 10.1 Å². The van der Waals surface area contributed by atoms with Crippen molar-refractivity contribution in [1.82, 2.24) is 5.32 Å². The normalized spacial score (nSPS) is 19.9. The van der Waals surface area contributed by atoms with Gasteiger partial charge in [-0.15, -0.1) is 0 Å². The Labute approximate surface area is 153 Å². The van der Waals surface area contributed by atoms with E-state index in [2.05, 4.69) is 17.4 Å². The van der Waals surface area contributed by atoms with Gasteiger partial charge in [-0.3, -0.25) is 9.59 Å². The highest BCUT2D eigenvalue weighted by Crippen LogP contribution is 2.31. The van der Waals surface area contributed by atoms with Gasteiger partial charge in [-0.1, -0.05) is 43.2 Å². The van der Waals surface area contributed by atoms with Crippen LogP contribution in [-0.2, 0) is 16.0 Å². The SMILES string of the molecule is COc1ccc2ccccc2c1CCNC(=O)C1CCCCC1C(=O)O. The molecule has 3 rings (SSSR count). The Balaban J connectivity index is 1.69. The number of hydrogen-bond donors (Lipinski definition) is 2. The molecule has 2 aromatic rings. The Hall–Kier alpha value is -2.56. The molecule has 0 aliphatic heterocycles. The molecule has 0 saturated heterocycles. The number of rotatable bonds is 6. The average Bonchev–Trinajstić information content (AvgIpc) is 2.67. The van der Waals surface area contributed by atoms with Gasteiger partial charge in [-0.05, 0) is 36.1 Å². The third kappa shape index (κ3) is 3.82. The number of carbonyl (C=O) groups excluding carboxylic acids is 1. The molecule has 0 spiro atoms.